The number of benzene rings is 1. The summed E-state index contributed by atoms with van der Waals surface area (Å²) in [7, 11) is 0. The van der Waals surface area contributed by atoms with Crippen molar-refractivity contribution in [3.05, 3.63) is 29.8 Å². The molecule has 1 aromatic carbocycles. The summed E-state index contributed by atoms with van der Waals surface area (Å²) in [6.07, 6.45) is 1.95. The molecule has 2 atom stereocenters. The lowest BCUT2D eigenvalue weighted by atomic mass is 10.0. The SMILES string of the molecule is CC(=O)NCC[C@H]1CC[C@H](c2cccc(O)c2)N1C(=O)OC(C)(C)C. The molecular formula is C19H28N2O4. The predicted molar refractivity (Wildman–Crippen MR) is 95.2 cm³/mol. The molecule has 0 spiro atoms. The van der Waals surface area contributed by atoms with E-state index in [2.05, 4.69) is 5.32 Å². The first-order valence-electron chi connectivity index (χ1n) is 8.72. The highest BCUT2D eigenvalue weighted by atomic mass is 16.6. The van der Waals surface area contributed by atoms with Crippen molar-refractivity contribution < 1.29 is 19.4 Å². The van der Waals surface area contributed by atoms with E-state index < -0.39 is 5.60 Å². The van der Waals surface area contributed by atoms with E-state index >= 15 is 0 Å². The van der Waals surface area contributed by atoms with Gasteiger partial charge >= 0.3 is 6.09 Å². The van der Waals surface area contributed by atoms with Gasteiger partial charge in [-0.2, -0.15) is 0 Å². The van der Waals surface area contributed by atoms with Crippen LogP contribution >= 0.6 is 0 Å². The molecule has 0 radical (unpaired) electrons. The van der Waals surface area contributed by atoms with Crippen molar-refractivity contribution in [2.45, 2.75) is 64.6 Å². The van der Waals surface area contributed by atoms with E-state index in [1.165, 1.54) is 6.92 Å². The van der Waals surface area contributed by atoms with Gasteiger partial charge < -0.3 is 15.2 Å². The topological polar surface area (TPSA) is 78.9 Å². The van der Waals surface area contributed by atoms with Crippen LogP contribution in [0.5, 0.6) is 5.75 Å². The number of nitrogens with one attached hydrogen (secondary N) is 1. The second kappa shape index (κ2) is 7.76. The summed E-state index contributed by atoms with van der Waals surface area (Å²) in [5.74, 6) is 0.106. The fraction of sp³-hybridized carbons (Fsp3) is 0.579. The van der Waals surface area contributed by atoms with E-state index in [1.807, 2.05) is 26.8 Å². The van der Waals surface area contributed by atoms with Crippen LogP contribution in [0.2, 0.25) is 0 Å². The summed E-state index contributed by atoms with van der Waals surface area (Å²) in [6.45, 7) is 7.53. The van der Waals surface area contributed by atoms with Gasteiger partial charge in [0.15, 0.2) is 0 Å². The zero-order chi connectivity index (χ0) is 18.6. The number of amides is 2. The monoisotopic (exact) mass is 348 g/mol. The minimum atomic E-state index is -0.578. The molecule has 1 fully saturated rings. The lowest BCUT2D eigenvalue weighted by molar-refractivity contribution is -0.118. The van der Waals surface area contributed by atoms with Crippen LogP contribution in [0, 0.1) is 0 Å². The van der Waals surface area contributed by atoms with Crippen molar-refractivity contribution in [1.82, 2.24) is 10.2 Å². The van der Waals surface area contributed by atoms with E-state index in [-0.39, 0.29) is 29.8 Å². The molecule has 0 aromatic heterocycles. The van der Waals surface area contributed by atoms with Crippen molar-refractivity contribution in [2.24, 2.45) is 0 Å². The number of likely N-dealkylation sites (tertiary alicyclic amines) is 1. The molecule has 6 nitrogen and oxygen atoms in total. The van der Waals surface area contributed by atoms with Gasteiger partial charge in [-0.1, -0.05) is 12.1 Å². The second-order valence-electron chi connectivity index (χ2n) is 7.50. The van der Waals surface area contributed by atoms with E-state index in [0.29, 0.717) is 13.0 Å². The molecule has 1 heterocycles. The first-order chi connectivity index (χ1) is 11.7. The number of phenols is 1. The predicted octanol–water partition coefficient (Wildman–Crippen LogP) is 3.36. The Hall–Kier alpha value is -2.24. The first kappa shape index (κ1) is 19.1. The standard InChI is InChI=1S/C19H28N2O4/c1-13(22)20-11-10-15-8-9-17(14-6-5-7-16(23)12-14)21(15)18(24)25-19(2,3)4/h5-7,12,15,17,23H,8-11H2,1-4H3,(H,20,22)/t15-,17-/m1/s1. The third-order valence-electron chi connectivity index (χ3n) is 4.21. The summed E-state index contributed by atoms with van der Waals surface area (Å²) in [4.78, 5) is 25.7. The minimum Gasteiger partial charge on any atom is -0.508 e. The summed E-state index contributed by atoms with van der Waals surface area (Å²) >= 11 is 0. The summed E-state index contributed by atoms with van der Waals surface area (Å²) < 4.78 is 5.60. The van der Waals surface area contributed by atoms with Crippen molar-refractivity contribution in [2.75, 3.05) is 6.54 Å². The Morgan fingerprint density at radius 2 is 2.04 bits per heavy atom. The zero-order valence-corrected chi connectivity index (χ0v) is 15.4. The Bertz CT molecular complexity index is 624. The highest BCUT2D eigenvalue weighted by Crippen LogP contribution is 2.39. The normalized spacial score (nSPS) is 20.4. The van der Waals surface area contributed by atoms with Crippen molar-refractivity contribution in [3.63, 3.8) is 0 Å². The lowest BCUT2D eigenvalue weighted by Crippen LogP contribution is -2.42. The fourth-order valence-corrected chi connectivity index (χ4v) is 3.23. The maximum absolute atomic E-state index is 12.8. The van der Waals surface area contributed by atoms with Crippen LogP contribution in [0.4, 0.5) is 4.79 Å². The van der Waals surface area contributed by atoms with Gasteiger partial charge in [0.25, 0.3) is 0 Å². The molecule has 1 aliphatic rings. The van der Waals surface area contributed by atoms with Crippen LogP contribution in [0.15, 0.2) is 24.3 Å². The quantitative estimate of drug-likeness (QED) is 0.874. The molecule has 25 heavy (non-hydrogen) atoms. The summed E-state index contributed by atoms with van der Waals surface area (Å²) in [5.41, 5.74) is 0.318. The number of hydrogen-bond acceptors (Lipinski definition) is 4. The molecule has 138 valence electrons. The van der Waals surface area contributed by atoms with Crippen molar-refractivity contribution >= 4 is 12.0 Å². The average molecular weight is 348 g/mol. The van der Waals surface area contributed by atoms with Crippen LogP contribution in [0.3, 0.4) is 0 Å². The van der Waals surface area contributed by atoms with Gasteiger partial charge in [0.2, 0.25) is 5.91 Å². The largest absolute Gasteiger partial charge is 0.508 e. The molecule has 2 N–H and O–H groups in total. The molecule has 0 unspecified atom stereocenters. The highest BCUT2D eigenvalue weighted by molar-refractivity contribution is 5.72. The van der Waals surface area contributed by atoms with Gasteiger partial charge in [-0.15, -0.1) is 0 Å². The molecule has 0 bridgehead atoms. The molecule has 1 aromatic rings. The zero-order valence-electron chi connectivity index (χ0n) is 15.4. The average Bonchev–Trinajstić information content (AvgIpc) is 2.89. The van der Waals surface area contributed by atoms with Crippen LogP contribution in [0.25, 0.3) is 0 Å². The molecule has 2 amide bonds. The van der Waals surface area contributed by atoms with Crippen LogP contribution < -0.4 is 5.32 Å². The molecule has 1 saturated heterocycles. The van der Waals surface area contributed by atoms with Gasteiger partial charge in [-0.25, -0.2) is 4.79 Å². The third-order valence-corrected chi connectivity index (χ3v) is 4.21. The Balaban J connectivity index is 2.20. The lowest BCUT2D eigenvalue weighted by Gasteiger charge is -2.33. The number of aromatic hydroxyl groups is 1. The van der Waals surface area contributed by atoms with Gasteiger partial charge in [0, 0.05) is 19.5 Å². The van der Waals surface area contributed by atoms with Crippen LogP contribution in [-0.2, 0) is 9.53 Å². The molecule has 0 aliphatic carbocycles. The Labute approximate surface area is 149 Å². The van der Waals surface area contributed by atoms with Crippen molar-refractivity contribution in [3.8, 4) is 5.75 Å². The number of carbonyl (C=O) groups excluding carboxylic acids is 2. The van der Waals surface area contributed by atoms with E-state index in [0.717, 1.165) is 18.4 Å². The molecule has 1 aliphatic heterocycles. The maximum atomic E-state index is 12.8. The van der Waals surface area contributed by atoms with E-state index in [9.17, 15) is 14.7 Å². The van der Waals surface area contributed by atoms with Gasteiger partial charge in [-0.3, -0.25) is 9.69 Å². The van der Waals surface area contributed by atoms with Gasteiger partial charge in [0.05, 0.1) is 6.04 Å². The third kappa shape index (κ3) is 5.37. The highest BCUT2D eigenvalue weighted by Gasteiger charge is 2.39. The Morgan fingerprint density at radius 1 is 1.32 bits per heavy atom. The fourth-order valence-electron chi connectivity index (χ4n) is 3.23. The van der Waals surface area contributed by atoms with E-state index in [1.54, 1.807) is 23.1 Å². The molecular weight excluding hydrogens is 320 g/mol. The smallest absolute Gasteiger partial charge is 0.411 e. The molecule has 2 rings (SSSR count). The number of rotatable bonds is 4. The van der Waals surface area contributed by atoms with E-state index in [4.69, 9.17) is 4.74 Å². The molecule has 6 heteroatoms. The summed E-state index contributed by atoms with van der Waals surface area (Å²) in [5, 5.41) is 12.6. The van der Waals surface area contributed by atoms with Gasteiger partial charge in [-0.05, 0) is 57.7 Å². The summed E-state index contributed by atoms with van der Waals surface area (Å²) in [6, 6.07) is 6.86. The van der Waals surface area contributed by atoms with Crippen molar-refractivity contribution in [1.29, 1.82) is 0 Å². The number of ether oxygens (including phenoxy) is 1. The number of hydrogen-bond donors (Lipinski definition) is 2. The van der Waals surface area contributed by atoms with Gasteiger partial charge in [0.1, 0.15) is 11.4 Å². The number of carbonyl (C=O) groups is 2. The number of phenolic OH excluding ortho intramolecular Hbond substituents is 1. The molecule has 0 saturated carbocycles. The Kier molecular flexibility index (Phi) is 5.93. The number of nitrogens with zero attached hydrogens (tertiary/aromatic N) is 1. The van der Waals surface area contributed by atoms with Crippen LogP contribution in [-0.4, -0.2) is 40.2 Å². The Morgan fingerprint density at radius 3 is 2.64 bits per heavy atom. The maximum Gasteiger partial charge on any atom is 0.411 e. The first-order valence-corrected chi connectivity index (χ1v) is 8.72. The second-order valence-corrected chi connectivity index (χ2v) is 7.50. The minimum absolute atomic E-state index is 0.00551. The van der Waals surface area contributed by atoms with Crippen LogP contribution in [0.1, 0.15) is 58.6 Å².